The molecule has 0 aliphatic heterocycles. The lowest BCUT2D eigenvalue weighted by Gasteiger charge is -2.02. The summed E-state index contributed by atoms with van der Waals surface area (Å²) in [6.45, 7) is 0. The number of benzene rings is 2. The number of rotatable bonds is 6. The maximum atomic E-state index is 12.0. The molecule has 0 heterocycles. The van der Waals surface area contributed by atoms with E-state index >= 15 is 0 Å². The lowest BCUT2D eigenvalue weighted by Crippen LogP contribution is -1.98. The summed E-state index contributed by atoms with van der Waals surface area (Å²) in [4.78, 5) is 22.4. The predicted molar refractivity (Wildman–Crippen MR) is 83.2 cm³/mol. The highest BCUT2D eigenvalue weighted by Crippen LogP contribution is 2.23. The van der Waals surface area contributed by atoms with Crippen LogP contribution < -0.4 is 10.1 Å². The molecule has 0 atom stereocenters. The standard InChI is InChI=1S/C16H14N2O4/c1-22-13-6-4-5-12(11-13)16(19)9-10-17-14-7-2-3-8-15(14)18(20)21/h2-11,17H,1H3. The number of nitro groups is 1. The van der Waals surface area contributed by atoms with E-state index in [-0.39, 0.29) is 11.5 Å². The van der Waals surface area contributed by atoms with Gasteiger partial charge in [-0.15, -0.1) is 0 Å². The number of allylic oxidation sites excluding steroid dienone is 1. The van der Waals surface area contributed by atoms with Crippen LogP contribution in [0, 0.1) is 10.1 Å². The summed E-state index contributed by atoms with van der Waals surface area (Å²) in [7, 11) is 1.52. The molecule has 0 saturated heterocycles. The van der Waals surface area contributed by atoms with Crippen LogP contribution in [-0.4, -0.2) is 17.8 Å². The quantitative estimate of drug-likeness (QED) is 0.382. The molecular weight excluding hydrogens is 284 g/mol. The smallest absolute Gasteiger partial charge is 0.292 e. The average molecular weight is 298 g/mol. The molecule has 112 valence electrons. The second-order valence-corrected chi connectivity index (χ2v) is 4.35. The van der Waals surface area contributed by atoms with Gasteiger partial charge in [-0.3, -0.25) is 14.9 Å². The van der Waals surface area contributed by atoms with Gasteiger partial charge in [0, 0.05) is 23.9 Å². The van der Waals surface area contributed by atoms with E-state index in [2.05, 4.69) is 5.32 Å². The summed E-state index contributed by atoms with van der Waals surface area (Å²) >= 11 is 0. The van der Waals surface area contributed by atoms with E-state index in [0.717, 1.165) is 0 Å². The fourth-order valence-corrected chi connectivity index (χ4v) is 1.83. The molecule has 0 saturated carbocycles. The summed E-state index contributed by atoms with van der Waals surface area (Å²) in [6, 6.07) is 13.0. The lowest BCUT2D eigenvalue weighted by atomic mass is 10.1. The highest BCUT2D eigenvalue weighted by molar-refractivity contribution is 6.04. The van der Waals surface area contributed by atoms with Crippen molar-refractivity contribution in [2.75, 3.05) is 12.4 Å². The van der Waals surface area contributed by atoms with Crippen molar-refractivity contribution < 1.29 is 14.5 Å². The van der Waals surface area contributed by atoms with Crippen molar-refractivity contribution in [2.24, 2.45) is 0 Å². The van der Waals surface area contributed by atoms with Crippen LogP contribution in [-0.2, 0) is 0 Å². The molecule has 0 unspecified atom stereocenters. The van der Waals surface area contributed by atoms with Crippen molar-refractivity contribution in [3.63, 3.8) is 0 Å². The zero-order valence-corrected chi connectivity index (χ0v) is 11.9. The number of carbonyl (C=O) groups is 1. The van der Waals surface area contributed by atoms with Gasteiger partial charge >= 0.3 is 0 Å². The highest BCUT2D eigenvalue weighted by atomic mass is 16.6. The number of nitro benzene ring substituents is 1. The Morgan fingerprint density at radius 3 is 2.73 bits per heavy atom. The van der Waals surface area contributed by atoms with Gasteiger partial charge in [-0.2, -0.15) is 0 Å². The Morgan fingerprint density at radius 1 is 1.23 bits per heavy atom. The number of methoxy groups -OCH3 is 1. The number of hydrogen-bond acceptors (Lipinski definition) is 5. The van der Waals surface area contributed by atoms with Crippen molar-refractivity contribution in [2.45, 2.75) is 0 Å². The SMILES string of the molecule is COc1cccc(C(=O)C=CNc2ccccc2[N+](=O)[O-])c1. The summed E-state index contributed by atoms with van der Waals surface area (Å²) < 4.78 is 5.05. The van der Waals surface area contributed by atoms with Crippen LogP contribution in [0.4, 0.5) is 11.4 Å². The summed E-state index contributed by atoms with van der Waals surface area (Å²) in [6.07, 6.45) is 2.69. The molecule has 0 spiro atoms. The van der Waals surface area contributed by atoms with E-state index in [4.69, 9.17) is 4.74 Å². The van der Waals surface area contributed by atoms with E-state index in [0.29, 0.717) is 17.0 Å². The molecule has 2 aromatic rings. The lowest BCUT2D eigenvalue weighted by molar-refractivity contribution is -0.383. The molecule has 6 heteroatoms. The number of nitrogens with zero attached hydrogens (tertiary/aromatic N) is 1. The Balaban J connectivity index is 2.09. The molecule has 0 aliphatic rings. The Morgan fingerprint density at radius 2 is 2.00 bits per heavy atom. The molecule has 0 radical (unpaired) electrons. The molecule has 6 nitrogen and oxygen atoms in total. The largest absolute Gasteiger partial charge is 0.497 e. The van der Waals surface area contributed by atoms with Crippen molar-refractivity contribution in [1.29, 1.82) is 0 Å². The van der Waals surface area contributed by atoms with Crippen LogP contribution in [0.25, 0.3) is 0 Å². The van der Waals surface area contributed by atoms with Gasteiger partial charge in [0.05, 0.1) is 12.0 Å². The van der Waals surface area contributed by atoms with Gasteiger partial charge < -0.3 is 10.1 Å². The normalized spacial score (nSPS) is 10.4. The number of nitrogens with one attached hydrogen (secondary N) is 1. The topological polar surface area (TPSA) is 81.5 Å². The number of para-hydroxylation sites is 2. The zero-order valence-electron chi connectivity index (χ0n) is 11.9. The van der Waals surface area contributed by atoms with E-state index < -0.39 is 4.92 Å². The van der Waals surface area contributed by atoms with Crippen LogP contribution >= 0.6 is 0 Å². The van der Waals surface area contributed by atoms with Crippen LogP contribution in [0.5, 0.6) is 5.75 Å². The minimum atomic E-state index is -0.486. The third-order valence-corrected chi connectivity index (χ3v) is 2.93. The predicted octanol–water partition coefficient (Wildman–Crippen LogP) is 3.41. The first-order chi connectivity index (χ1) is 10.6. The van der Waals surface area contributed by atoms with Gasteiger partial charge in [-0.25, -0.2) is 0 Å². The maximum absolute atomic E-state index is 12.0. The fraction of sp³-hybridized carbons (Fsp3) is 0.0625. The molecule has 22 heavy (non-hydrogen) atoms. The molecule has 1 N–H and O–H groups in total. The van der Waals surface area contributed by atoms with E-state index in [1.54, 1.807) is 42.5 Å². The first kappa shape index (κ1) is 15.2. The fourth-order valence-electron chi connectivity index (χ4n) is 1.83. The van der Waals surface area contributed by atoms with E-state index in [9.17, 15) is 14.9 Å². The van der Waals surface area contributed by atoms with Gasteiger partial charge in [0.25, 0.3) is 5.69 Å². The van der Waals surface area contributed by atoms with Crippen molar-refractivity contribution >= 4 is 17.2 Å². The van der Waals surface area contributed by atoms with Crippen LogP contribution in [0.15, 0.2) is 60.8 Å². The van der Waals surface area contributed by atoms with Crippen molar-refractivity contribution in [3.8, 4) is 5.75 Å². The Labute approximate surface area is 127 Å². The van der Waals surface area contributed by atoms with Crippen molar-refractivity contribution in [1.82, 2.24) is 0 Å². The Kier molecular flexibility index (Phi) is 4.87. The highest BCUT2D eigenvalue weighted by Gasteiger charge is 2.10. The molecule has 0 aliphatic carbocycles. The van der Waals surface area contributed by atoms with E-state index in [1.807, 2.05) is 0 Å². The second kappa shape index (κ2) is 7.03. The van der Waals surface area contributed by atoms with Crippen molar-refractivity contribution in [3.05, 3.63) is 76.5 Å². The van der Waals surface area contributed by atoms with Crippen LogP contribution in [0.2, 0.25) is 0 Å². The molecule has 0 aromatic heterocycles. The minimum Gasteiger partial charge on any atom is -0.497 e. The number of anilines is 1. The third kappa shape index (κ3) is 3.69. The monoisotopic (exact) mass is 298 g/mol. The Bertz CT molecular complexity index is 726. The molecule has 2 rings (SSSR count). The van der Waals surface area contributed by atoms with E-state index in [1.165, 1.54) is 25.5 Å². The number of hydrogen-bond donors (Lipinski definition) is 1. The molecule has 0 bridgehead atoms. The second-order valence-electron chi connectivity index (χ2n) is 4.35. The first-order valence-corrected chi connectivity index (χ1v) is 6.46. The maximum Gasteiger partial charge on any atom is 0.292 e. The van der Waals surface area contributed by atoms with Gasteiger partial charge in [0.1, 0.15) is 11.4 Å². The van der Waals surface area contributed by atoms with Crippen LogP contribution in [0.3, 0.4) is 0 Å². The molecule has 0 amide bonds. The molecule has 2 aromatic carbocycles. The summed E-state index contributed by atoms with van der Waals surface area (Å²) in [5.41, 5.74) is 0.739. The number of ketones is 1. The summed E-state index contributed by atoms with van der Waals surface area (Å²) in [5.74, 6) is 0.357. The third-order valence-electron chi connectivity index (χ3n) is 2.93. The summed E-state index contributed by atoms with van der Waals surface area (Å²) in [5, 5.41) is 13.6. The van der Waals surface area contributed by atoms with Gasteiger partial charge in [-0.05, 0) is 18.2 Å². The number of ether oxygens (including phenoxy) is 1. The first-order valence-electron chi connectivity index (χ1n) is 6.46. The minimum absolute atomic E-state index is 0.0546. The van der Waals surface area contributed by atoms with Gasteiger partial charge in [-0.1, -0.05) is 24.3 Å². The molecular formula is C16H14N2O4. The molecule has 0 fully saturated rings. The Hall–Kier alpha value is -3.15. The van der Waals surface area contributed by atoms with Crippen LogP contribution in [0.1, 0.15) is 10.4 Å². The number of carbonyl (C=O) groups excluding carboxylic acids is 1. The van der Waals surface area contributed by atoms with Gasteiger partial charge in [0.15, 0.2) is 5.78 Å². The zero-order chi connectivity index (χ0) is 15.9. The average Bonchev–Trinajstić information content (AvgIpc) is 2.55. The van der Waals surface area contributed by atoms with Gasteiger partial charge in [0.2, 0.25) is 0 Å².